The molecule has 1 aliphatic rings. The summed E-state index contributed by atoms with van der Waals surface area (Å²) in [6.45, 7) is -0.381. The number of amides is 1. The van der Waals surface area contributed by atoms with Gasteiger partial charge in [0.1, 0.15) is 11.5 Å². The predicted molar refractivity (Wildman–Crippen MR) is 139 cm³/mol. The van der Waals surface area contributed by atoms with Gasteiger partial charge in [0, 0.05) is 41.7 Å². The number of rotatable bonds is 8. The number of anilines is 1. The van der Waals surface area contributed by atoms with E-state index in [4.69, 9.17) is 9.47 Å². The number of hydrogen-bond donors (Lipinski definition) is 0. The number of nitro groups is 1. The van der Waals surface area contributed by atoms with Crippen LogP contribution >= 0.6 is 0 Å². The predicted octanol–water partition coefficient (Wildman–Crippen LogP) is 5.32. The molecule has 1 aliphatic heterocycles. The number of non-ortho nitro benzene ring substituents is 1. The number of ketones is 1. The normalized spacial score (nSPS) is 14.9. The second-order valence-electron chi connectivity index (χ2n) is 8.81. The Bertz CT molecular complexity index is 1530. The Hall–Kier alpha value is -5.05. The maximum Gasteiger partial charge on any atom is 0.311 e. The Labute approximate surface area is 217 Å². The lowest BCUT2D eigenvalue weighted by Gasteiger charge is -2.17. The van der Waals surface area contributed by atoms with Crippen LogP contribution in [0.1, 0.15) is 16.8 Å². The maximum absolute atomic E-state index is 12.6. The van der Waals surface area contributed by atoms with Crippen LogP contribution in [0.25, 0.3) is 10.8 Å². The van der Waals surface area contributed by atoms with Crippen molar-refractivity contribution in [3.63, 3.8) is 0 Å². The molecule has 38 heavy (non-hydrogen) atoms. The molecule has 1 amide bonds. The van der Waals surface area contributed by atoms with Crippen LogP contribution in [-0.2, 0) is 14.3 Å². The van der Waals surface area contributed by atoms with Gasteiger partial charge >= 0.3 is 5.97 Å². The van der Waals surface area contributed by atoms with E-state index in [1.807, 2.05) is 42.5 Å². The molecule has 0 N–H and O–H groups in total. The van der Waals surface area contributed by atoms with E-state index in [0.717, 1.165) is 16.5 Å². The standard InChI is InChI=1S/C29H22N2O7/c32-26(20-8-10-23(11-9-20)31(35)36)18-37-29(34)21-16-28(33)30(17-21)22-12-14-24(15-13-22)38-27-7-3-5-19-4-1-2-6-25(19)27/h1-15,21H,16-18H2/t21-/m1/s1. The molecule has 9 nitrogen and oxygen atoms in total. The number of carbonyl (C=O) groups is 3. The lowest BCUT2D eigenvalue weighted by atomic mass is 10.1. The van der Waals surface area contributed by atoms with E-state index in [2.05, 4.69) is 0 Å². The van der Waals surface area contributed by atoms with Gasteiger partial charge in [0.25, 0.3) is 5.69 Å². The van der Waals surface area contributed by atoms with E-state index in [-0.39, 0.29) is 30.1 Å². The van der Waals surface area contributed by atoms with Crippen molar-refractivity contribution in [1.29, 1.82) is 0 Å². The van der Waals surface area contributed by atoms with E-state index >= 15 is 0 Å². The van der Waals surface area contributed by atoms with Crippen LogP contribution in [0.4, 0.5) is 11.4 Å². The third-order valence-electron chi connectivity index (χ3n) is 6.33. The van der Waals surface area contributed by atoms with E-state index in [0.29, 0.717) is 11.4 Å². The molecule has 0 saturated carbocycles. The average Bonchev–Trinajstić information content (AvgIpc) is 3.33. The number of carbonyl (C=O) groups excluding carboxylic acids is 3. The molecule has 0 spiro atoms. The van der Waals surface area contributed by atoms with Crippen molar-refractivity contribution in [2.75, 3.05) is 18.1 Å². The van der Waals surface area contributed by atoms with Crippen molar-refractivity contribution in [3.05, 3.63) is 107 Å². The number of benzene rings is 4. The van der Waals surface area contributed by atoms with Gasteiger partial charge in [0.2, 0.25) is 5.91 Å². The number of nitrogens with zero attached hydrogens (tertiary/aromatic N) is 2. The molecule has 1 atom stereocenters. The number of ether oxygens (including phenoxy) is 2. The number of esters is 1. The first-order chi connectivity index (χ1) is 18.4. The van der Waals surface area contributed by atoms with Gasteiger partial charge in [-0.1, -0.05) is 36.4 Å². The van der Waals surface area contributed by atoms with Crippen molar-refractivity contribution in [1.82, 2.24) is 0 Å². The second kappa shape index (κ2) is 10.5. The van der Waals surface area contributed by atoms with Gasteiger partial charge in [-0.25, -0.2) is 0 Å². The lowest BCUT2D eigenvalue weighted by molar-refractivity contribution is -0.384. The van der Waals surface area contributed by atoms with Crippen LogP contribution in [0.3, 0.4) is 0 Å². The summed E-state index contributed by atoms with van der Waals surface area (Å²) in [7, 11) is 0. The van der Waals surface area contributed by atoms with Gasteiger partial charge < -0.3 is 14.4 Å². The molecular formula is C29H22N2O7. The summed E-state index contributed by atoms with van der Waals surface area (Å²) in [6.07, 6.45) is -0.0290. The fourth-order valence-electron chi connectivity index (χ4n) is 4.33. The number of Topliss-reactive ketones (excluding diaryl/α,β-unsaturated/α-hetero) is 1. The van der Waals surface area contributed by atoms with Crippen molar-refractivity contribution in [2.24, 2.45) is 5.92 Å². The summed E-state index contributed by atoms with van der Waals surface area (Å²) >= 11 is 0. The molecule has 0 bridgehead atoms. The van der Waals surface area contributed by atoms with Gasteiger partial charge in [0.15, 0.2) is 12.4 Å². The monoisotopic (exact) mass is 510 g/mol. The number of fused-ring (bicyclic) bond motifs is 1. The Morgan fingerprint density at radius 3 is 2.37 bits per heavy atom. The minimum Gasteiger partial charge on any atom is -0.457 e. The summed E-state index contributed by atoms with van der Waals surface area (Å²) in [5, 5.41) is 12.8. The fraction of sp³-hybridized carbons (Fsp3) is 0.138. The quantitative estimate of drug-likeness (QED) is 0.136. The summed E-state index contributed by atoms with van der Waals surface area (Å²) in [5.74, 6) is -0.741. The third kappa shape index (κ3) is 5.22. The topological polar surface area (TPSA) is 116 Å². The Morgan fingerprint density at radius 1 is 0.921 bits per heavy atom. The Morgan fingerprint density at radius 2 is 1.63 bits per heavy atom. The van der Waals surface area contributed by atoms with Crippen molar-refractivity contribution in [3.8, 4) is 11.5 Å². The molecule has 1 saturated heterocycles. The minimum atomic E-state index is -0.709. The van der Waals surface area contributed by atoms with Crippen LogP contribution in [0.5, 0.6) is 11.5 Å². The van der Waals surface area contributed by atoms with Gasteiger partial charge in [-0.15, -0.1) is 0 Å². The molecule has 190 valence electrons. The average molecular weight is 511 g/mol. The van der Waals surface area contributed by atoms with Crippen molar-refractivity contribution < 1.29 is 28.8 Å². The van der Waals surface area contributed by atoms with Crippen molar-refractivity contribution >= 4 is 39.8 Å². The molecule has 1 fully saturated rings. The first-order valence-corrected chi connectivity index (χ1v) is 11.9. The first kappa shape index (κ1) is 24.6. The third-order valence-corrected chi connectivity index (χ3v) is 6.33. The maximum atomic E-state index is 12.6. The molecule has 9 heteroatoms. The van der Waals surface area contributed by atoms with E-state index in [9.17, 15) is 24.5 Å². The van der Waals surface area contributed by atoms with Gasteiger partial charge in [-0.2, -0.15) is 0 Å². The highest BCUT2D eigenvalue weighted by Gasteiger charge is 2.36. The zero-order valence-corrected chi connectivity index (χ0v) is 20.1. The number of nitro benzene ring substituents is 1. The summed E-state index contributed by atoms with van der Waals surface area (Å²) < 4.78 is 11.2. The number of hydrogen-bond acceptors (Lipinski definition) is 7. The van der Waals surface area contributed by atoms with E-state index < -0.39 is 29.2 Å². The molecule has 5 rings (SSSR count). The minimum absolute atomic E-state index is 0.0290. The molecule has 1 heterocycles. The Kier molecular flexibility index (Phi) is 6.82. The lowest BCUT2D eigenvalue weighted by Crippen LogP contribution is -2.27. The van der Waals surface area contributed by atoms with Crippen LogP contribution < -0.4 is 9.64 Å². The van der Waals surface area contributed by atoms with Crippen molar-refractivity contribution in [2.45, 2.75) is 6.42 Å². The SMILES string of the molecule is O=C(COC(=O)[C@@H]1CC(=O)N(c2ccc(Oc3cccc4ccccc34)cc2)C1)c1ccc([N+](=O)[O-])cc1. The van der Waals surface area contributed by atoms with Crippen LogP contribution in [0.2, 0.25) is 0 Å². The van der Waals surface area contributed by atoms with Crippen LogP contribution in [0, 0.1) is 16.0 Å². The van der Waals surface area contributed by atoms with E-state index in [1.54, 1.807) is 24.3 Å². The highest BCUT2D eigenvalue weighted by Crippen LogP contribution is 2.32. The molecule has 0 radical (unpaired) electrons. The van der Waals surface area contributed by atoms with Gasteiger partial charge in [-0.3, -0.25) is 24.5 Å². The fourth-order valence-corrected chi connectivity index (χ4v) is 4.33. The molecule has 0 aliphatic carbocycles. The van der Waals surface area contributed by atoms with Gasteiger partial charge in [-0.05, 0) is 47.9 Å². The molecule has 0 unspecified atom stereocenters. The largest absolute Gasteiger partial charge is 0.457 e. The van der Waals surface area contributed by atoms with Crippen LogP contribution in [-0.4, -0.2) is 35.7 Å². The highest BCUT2D eigenvalue weighted by molar-refractivity contribution is 6.01. The molecular weight excluding hydrogens is 488 g/mol. The summed E-state index contributed by atoms with van der Waals surface area (Å²) in [6, 6.07) is 25.8. The van der Waals surface area contributed by atoms with Gasteiger partial charge in [0.05, 0.1) is 10.8 Å². The highest BCUT2D eigenvalue weighted by atomic mass is 16.6. The second-order valence-corrected chi connectivity index (χ2v) is 8.81. The Balaban J connectivity index is 1.18. The zero-order chi connectivity index (χ0) is 26.6. The summed E-state index contributed by atoms with van der Waals surface area (Å²) in [4.78, 5) is 49.2. The first-order valence-electron chi connectivity index (χ1n) is 11.9. The summed E-state index contributed by atoms with van der Waals surface area (Å²) in [5.41, 5.74) is 0.673. The molecule has 0 aromatic heterocycles. The smallest absolute Gasteiger partial charge is 0.311 e. The zero-order valence-electron chi connectivity index (χ0n) is 20.1. The molecule has 4 aromatic rings. The molecule has 4 aromatic carbocycles. The van der Waals surface area contributed by atoms with E-state index in [1.165, 1.54) is 29.2 Å². The van der Waals surface area contributed by atoms with Crippen LogP contribution in [0.15, 0.2) is 91.0 Å².